The lowest BCUT2D eigenvalue weighted by atomic mass is 9.80. The van der Waals surface area contributed by atoms with Crippen molar-refractivity contribution in [3.63, 3.8) is 0 Å². The fourth-order valence-corrected chi connectivity index (χ4v) is 2.40. The van der Waals surface area contributed by atoms with Crippen molar-refractivity contribution in [3.8, 4) is 0 Å². The van der Waals surface area contributed by atoms with Crippen molar-refractivity contribution in [2.24, 2.45) is 0 Å². The van der Waals surface area contributed by atoms with E-state index in [9.17, 15) is 9.59 Å². The summed E-state index contributed by atoms with van der Waals surface area (Å²) < 4.78 is 5.33. The maximum Gasteiger partial charge on any atom is 0.488 e. The van der Waals surface area contributed by atoms with Gasteiger partial charge in [0.05, 0.1) is 11.2 Å². The highest BCUT2D eigenvalue weighted by atomic mass is 16.6. The molecule has 9 nitrogen and oxygen atoms in total. The van der Waals surface area contributed by atoms with Gasteiger partial charge in [-0.1, -0.05) is 12.1 Å². The zero-order valence-electron chi connectivity index (χ0n) is 20.1. The molecule has 1 aliphatic heterocycles. The Hall–Kier alpha value is -2.14. The molecule has 0 atom stereocenters. The number of nitrogens with zero attached hydrogens (tertiary/aromatic N) is 2. The number of piperazine rings is 1. The summed E-state index contributed by atoms with van der Waals surface area (Å²) in [5, 5.41) is 36.4. The lowest BCUT2D eigenvalue weighted by Crippen LogP contribution is -2.51. The van der Waals surface area contributed by atoms with Gasteiger partial charge in [0.1, 0.15) is 5.60 Å². The second-order valence-corrected chi connectivity index (χ2v) is 9.87. The number of rotatable bonds is 3. The van der Waals surface area contributed by atoms with Crippen molar-refractivity contribution in [2.75, 3.05) is 26.2 Å². The monoisotopic (exact) mass is 452 g/mol. The summed E-state index contributed by atoms with van der Waals surface area (Å²) in [5.74, 6) is -0.141. The van der Waals surface area contributed by atoms with Gasteiger partial charge in [0, 0.05) is 31.7 Å². The minimum absolute atomic E-state index is 0.141. The van der Waals surface area contributed by atoms with Crippen LogP contribution < -0.4 is 5.46 Å². The third-order valence-corrected chi connectivity index (χ3v) is 5.17. The van der Waals surface area contributed by atoms with Gasteiger partial charge in [0.2, 0.25) is 0 Å². The molecule has 2 rings (SSSR count). The Labute approximate surface area is 190 Å². The molecular formula is C22H37BN2O7. The summed E-state index contributed by atoms with van der Waals surface area (Å²) >= 11 is 0. The second kappa shape index (κ2) is 10.7. The number of hydrogen-bond acceptors (Lipinski definition) is 7. The average Bonchev–Trinajstić information content (AvgIpc) is 2.65. The molecule has 4 N–H and O–H groups in total. The van der Waals surface area contributed by atoms with Gasteiger partial charge < -0.3 is 34.8 Å². The molecule has 1 heterocycles. The Morgan fingerprint density at radius 1 is 0.812 bits per heavy atom. The third-order valence-electron chi connectivity index (χ3n) is 5.17. The van der Waals surface area contributed by atoms with Gasteiger partial charge in [0.15, 0.2) is 0 Å². The SMILES string of the molecule is CC(C)(C)OC(=O)N1CCN(C(=O)c2ccc(B(O)O)cc2)CC1.CC(C)(O)C(C)(C)O. The normalized spacial score (nSPS) is 15.0. The van der Waals surface area contributed by atoms with Crippen LogP contribution in [0.15, 0.2) is 24.3 Å². The standard InChI is InChI=1S/C16H23BN2O5.C6H14O2/c1-16(2,3)24-15(21)19-10-8-18(9-11-19)14(20)12-4-6-13(7-5-12)17(22)23;1-5(2,7)6(3,4)8/h4-7,22-23H,8-11H2,1-3H3;7-8H,1-4H3. The quantitative estimate of drug-likeness (QED) is 0.494. The van der Waals surface area contributed by atoms with Crippen LogP contribution in [0.1, 0.15) is 58.8 Å². The van der Waals surface area contributed by atoms with E-state index in [1.165, 1.54) is 12.1 Å². The topological polar surface area (TPSA) is 131 Å². The largest absolute Gasteiger partial charge is 0.488 e. The average molecular weight is 452 g/mol. The predicted molar refractivity (Wildman–Crippen MR) is 123 cm³/mol. The third kappa shape index (κ3) is 8.78. The van der Waals surface area contributed by atoms with E-state index in [4.69, 9.17) is 25.0 Å². The fraction of sp³-hybridized carbons (Fsp3) is 0.636. The summed E-state index contributed by atoms with van der Waals surface area (Å²) in [4.78, 5) is 27.7. The molecule has 2 amide bonds. The summed E-state index contributed by atoms with van der Waals surface area (Å²) in [7, 11) is -1.55. The van der Waals surface area contributed by atoms with Crippen molar-refractivity contribution >= 4 is 24.6 Å². The first-order chi connectivity index (χ1) is 14.4. The first kappa shape index (κ1) is 27.9. The van der Waals surface area contributed by atoms with Crippen LogP contribution in [0.3, 0.4) is 0 Å². The van der Waals surface area contributed by atoms with Crippen molar-refractivity contribution in [1.29, 1.82) is 0 Å². The van der Waals surface area contributed by atoms with Crippen LogP contribution in [0.5, 0.6) is 0 Å². The van der Waals surface area contributed by atoms with Crippen molar-refractivity contribution < 1.29 is 34.6 Å². The molecule has 0 aromatic heterocycles. The van der Waals surface area contributed by atoms with Gasteiger partial charge >= 0.3 is 13.2 Å². The number of amides is 2. The molecule has 1 fully saturated rings. The van der Waals surface area contributed by atoms with E-state index < -0.39 is 23.9 Å². The van der Waals surface area contributed by atoms with Crippen LogP contribution in [0, 0.1) is 0 Å². The Morgan fingerprint density at radius 2 is 1.22 bits per heavy atom. The molecule has 1 saturated heterocycles. The minimum Gasteiger partial charge on any atom is -0.444 e. The number of aliphatic hydroxyl groups is 2. The van der Waals surface area contributed by atoms with Crippen molar-refractivity contribution in [3.05, 3.63) is 29.8 Å². The minimum atomic E-state index is -1.55. The molecule has 0 saturated carbocycles. The smallest absolute Gasteiger partial charge is 0.444 e. The van der Waals surface area contributed by atoms with Gasteiger partial charge in [-0.15, -0.1) is 0 Å². The summed E-state index contributed by atoms with van der Waals surface area (Å²) in [6.45, 7) is 13.5. The van der Waals surface area contributed by atoms with E-state index in [0.29, 0.717) is 37.2 Å². The number of carbonyl (C=O) groups excluding carboxylic acids is 2. The molecule has 1 aliphatic rings. The maximum absolute atomic E-state index is 12.5. The Kier molecular flexibility index (Phi) is 9.29. The van der Waals surface area contributed by atoms with E-state index in [2.05, 4.69) is 0 Å². The molecule has 32 heavy (non-hydrogen) atoms. The van der Waals surface area contributed by atoms with Gasteiger partial charge in [-0.3, -0.25) is 4.79 Å². The molecule has 0 unspecified atom stereocenters. The first-order valence-electron chi connectivity index (χ1n) is 10.6. The molecule has 1 aromatic carbocycles. The lowest BCUT2D eigenvalue weighted by molar-refractivity contribution is -0.107. The highest BCUT2D eigenvalue weighted by Crippen LogP contribution is 2.19. The van der Waals surface area contributed by atoms with Crippen LogP contribution in [0.4, 0.5) is 4.79 Å². The van der Waals surface area contributed by atoms with Crippen LogP contribution >= 0.6 is 0 Å². The zero-order chi connectivity index (χ0) is 24.9. The summed E-state index contributed by atoms with van der Waals surface area (Å²) in [5.41, 5.74) is -1.74. The van der Waals surface area contributed by atoms with Gasteiger partial charge in [-0.05, 0) is 66.1 Å². The van der Waals surface area contributed by atoms with Crippen LogP contribution in [0.25, 0.3) is 0 Å². The molecule has 0 spiro atoms. The number of ether oxygens (including phenoxy) is 1. The van der Waals surface area contributed by atoms with Crippen molar-refractivity contribution in [2.45, 2.75) is 65.3 Å². The second-order valence-electron chi connectivity index (χ2n) is 9.87. The molecule has 0 aliphatic carbocycles. The fourth-order valence-electron chi connectivity index (χ4n) is 2.40. The van der Waals surface area contributed by atoms with E-state index in [-0.39, 0.29) is 12.0 Å². The zero-order valence-corrected chi connectivity index (χ0v) is 20.1. The summed E-state index contributed by atoms with van der Waals surface area (Å²) in [6.07, 6.45) is -0.365. The highest BCUT2D eigenvalue weighted by molar-refractivity contribution is 6.58. The molecular weight excluding hydrogens is 415 g/mol. The van der Waals surface area contributed by atoms with Gasteiger partial charge in [-0.2, -0.15) is 0 Å². The van der Waals surface area contributed by atoms with Crippen LogP contribution in [-0.2, 0) is 4.74 Å². The van der Waals surface area contributed by atoms with E-state index in [1.54, 1.807) is 49.6 Å². The van der Waals surface area contributed by atoms with E-state index in [0.717, 1.165) is 0 Å². The Balaban J connectivity index is 0.000000547. The van der Waals surface area contributed by atoms with E-state index in [1.807, 2.05) is 20.8 Å². The Morgan fingerprint density at radius 3 is 1.56 bits per heavy atom. The Bertz CT molecular complexity index is 742. The van der Waals surface area contributed by atoms with Gasteiger partial charge in [0.25, 0.3) is 5.91 Å². The molecule has 1 aromatic rings. The number of carbonyl (C=O) groups is 2. The number of benzene rings is 1. The van der Waals surface area contributed by atoms with Crippen molar-refractivity contribution in [1.82, 2.24) is 9.80 Å². The summed E-state index contributed by atoms with van der Waals surface area (Å²) in [6, 6.07) is 6.15. The first-order valence-corrected chi connectivity index (χ1v) is 10.6. The molecule has 0 bridgehead atoms. The lowest BCUT2D eigenvalue weighted by Gasteiger charge is -2.35. The highest BCUT2D eigenvalue weighted by Gasteiger charge is 2.32. The molecule has 10 heteroatoms. The van der Waals surface area contributed by atoms with Crippen LogP contribution in [-0.4, -0.2) is 92.2 Å². The van der Waals surface area contributed by atoms with Gasteiger partial charge in [-0.25, -0.2) is 4.79 Å². The van der Waals surface area contributed by atoms with E-state index >= 15 is 0 Å². The molecule has 180 valence electrons. The molecule has 0 radical (unpaired) electrons. The van der Waals surface area contributed by atoms with Crippen LogP contribution in [0.2, 0.25) is 0 Å². The predicted octanol–water partition coefficient (Wildman–Crippen LogP) is 0.588. The number of hydrogen-bond donors (Lipinski definition) is 4. The maximum atomic E-state index is 12.5.